The minimum Gasteiger partial charge on any atom is -0.381 e. The van der Waals surface area contributed by atoms with Crippen molar-refractivity contribution in [3.63, 3.8) is 0 Å². The molecule has 0 heterocycles. The van der Waals surface area contributed by atoms with Crippen LogP contribution in [0.2, 0.25) is 0 Å². The van der Waals surface area contributed by atoms with Gasteiger partial charge in [-0.3, -0.25) is 4.79 Å². The molecule has 0 radical (unpaired) electrons. The van der Waals surface area contributed by atoms with Crippen LogP contribution in [0.1, 0.15) is 30.9 Å². The van der Waals surface area contributed by atoms with Gasteiger partial charge in [0, 0.05) is 25.8 Å². The lowest BCUT2D eigenvalue weighted by atomic mass is 10.1. The van der Waals surface area contributed by atoms with Gasteiger partial charge in [-0.15, -0.1) is 0 Å². The van der Waals surface area contributed by atoms with Crippen molar-refractivity contribution in [2.45, 2.75) is 26.3 Å². The monoisotopic (exact) mass is 288 g/mol. The molecule has 0 fully saturated rings. The first-order valence-electron chi connectivity index (χ1n) is 7.27. The fourth-order valence-corrected chi connectivity index (χ4v) is 1.86. The van der Waals surface area contributed by atoms with Gasteiger partial charge in [-0.25, -0.2) is 0 Å². The summed E-state index contributed by atoms with van der Waals surface area (Å²) >= 11 is 0. The number of nitrogens with two attached hydrogens (primary N) is 1. The van der Waals surface area contributed by atoms with Gasteiger partial charge in [0.05, 0.1) is 19.6 Å². The van der Waals surface area contributed by atoms with Crippen molar-refractivity contribution in [3.05, 3.63) is 35.4 Å². The molecule has 0 aromatic heterocycles. The van der Waals surface area contributed by atoms with Crippen LogP contribution >= 0.6 is 0 Å². The van der Waals surface area contributed by atoms with Gasteiger partial charge in [-0.1, -0.05) is 30.9 Å². The van der Waals surface area contributed by atoms with Gasteiger partial charge in [0.1, 0.15) is 0 Å². The van der Waals surface area contributed by atoms with Crippen LogP contribution in [0.5, 0.6) is 0 Å². The molecule has 0 saturated carbocycles. The van der Waals surface area contributed by atoms with E-state index in [1.807, 2.05) is 24.3 Å². The number of carbonyl (C=O) groups excluding carboxylic acids is 1. The Hall–Kier alpha value is -1.83. The summed E-state index contributed by atoms with van der Waals surface area (Å²) in [6.07, 6.45) is 1.39. The molecular weight excluding hydrogens is 264 g/mol. The highest BCUT2D eigenvalue weighted by molar-refractivity contribution is 5.75. The molecule has 0 saturated heterocycles. The molecule has 0 bridgehead atoms. The van der Waals surface area contributed by atoms with Gasteiger partial charge in [-0.05, 0) is 24.1 Å². The van der Waals surface area contributed by atoms with Crippen LogP contribution in [0.15, 0.2) is 24.3 Å². The van der Waals surface area contributed by atoms with Gasteiger partial charge in [0.15, 0.2) is 0 Å². The Morgan fingerprint density at radius 2 is 2.19 bits per heavy atom. The summed E-state index contributed by atoms with van der Waals surface area (Å²) in [4.78, 5) is 13.7. The number of hydrogen-bond acceptors (Lipinski definition) is 3. The SMILES string of the molecule is CCCOCCC(=O)N(C)Cc1cccc(C#CCN)c1. The summed E-state index contributed by atoms with van der Waals surface area (Å²) < 4.78 is 5.34. The van der Waals surface area contributed by atoms with Gasteiger partial charge in [-0.2, -0.15) is 0 Å². The average molecular weight is 288 g/mol. The quantitative estimate of drug-likeness (QED) is 0.614. The predicted octanol–water partition coefficient (Wildman–Crippen LogP) is 1.77. The predicted molar refractivity (Wildman–Crippen MR) is 84.6 cm³/mol. The number of ether oxygens (including phenoxy) is 1. The summed E-state index contributed by atoms with van der Waals surface area (Å²) in [6.45, 7) is 4.16. The van der Waals surface area contributed by atoms with E-state index in [1.54, 1.807) is 11.9 Å². The van der Waals surface area contributed by atoms with Crippen molar-refractivity contribution in [2.75, 3.05) is 26.8 Å². The van der Waals surface area contributed by atoms with E-state index in [0.29, 0.717) is 32.7 Å². The molecule has 0 aliphatic rings. The Bertz CT molecular complexity index is 503. The lowest BCUT2D eigenvalue weighted by molar-refractivity contribution is -0.131. The van der Waals surface area contributed by atoms with E-state index in [4.69, 9.17) is 10.5 Å². The van der Waals surface area contributed by atoms with Crippen molar-refractivity contribution in [1.29, 1.82) is 0 Å². The standard InChI is InChI=1S/C17H24N2O2/c1-3-11-21-12-9-17(20)19(2)14-16-7-4-6-15(13-16)8-5-10-18/h4,6-7,13H,3,9-12,14,18H2,1-2H3. The second kappa shape index (κ2) is 9.98. The van der Waals surface area contributed by atoms with Gasteiger partial charge >= 0.3 is 0 Å². The van der Waals surface area contributed by atoms with E-state index in [0.717, 1.165) is 17.5 Å². The van der Waals surface area contributed by atoms with Crippen molar-refractivity contribution >= 4 is 5.91 Å². The van der Waals surface area contributed by atoms with Crippen molar-refractivity contribution < 1.29 is 9.53 Å². The molecule has 0 spiro atoms. The summed E-state index contributed by atoms with van der Waals surface area (Å²) in [5.74, 6) is 5.91. The first kappa shape index (κ1) is 17.2. The van der Waals surface area contributed by atoms with Crippen LogP contribution in [0, 0.1) is 11.8 Å². The first-order valence-corrected chi connectivity index (χ1v) is 7.27. The van der Waals surface area contributed by atoms with Gasteiger partial charge < -0.3 is 15.4 Å². The minimum absolute atomic E-state index is 0.0875. The molecule has 21 heavy (non-hydrogen) atoms. The van der Waals surface area contributed by atoms with E-state index in [1.165, 1.54) is 0 Å². The smallest absolute Gasteiger partial charge is 0.224 e. The third-order valence-corrected chi connectivity index (χ3v) is 2.92. The van der Waals surface area contributed by atoms with E-state index >= 15 is 0 Å². The average Bonchev–Trinajstić information content (AvgIpc) is 2.49. The summed E-state index contributed by atoms with van der Waals surface area (Å²) in [5, 5.41) is 0. The highest BCUT2D eigenvalue weighted by Gasteiger charge is 2.09. The third-order valence-electron chi connectivity index (χ3n) is 2.92. The molecule has 0 aliphatic heterocycles. The molecule has 1 amide bonds. The highest BCUT2D eigenvalue weighted by atomic mass is 16.5. The maximum Gasteiger partial charge on any atom is 0.224 e. The third kappa shape index (κ3) is 6.94. The zero-order valence-electron chi connectivity index (χ0n) is 12.9. The minimum atomic E-state index is 0.0875. The Kier molecular flexibility index (Phi) is 8.18. The van der Waals surface area contributed by atoms with Crippen LogP contribution in [-0.2, 0) is 16.1 Å². The molecule has 1 rings (SSSR count). The van der Waals surface area contributed by atoms with Crippen LogP contribution in [0.25, 0.3) is 0 Å². The number of carbonyl (C=O) groups is 1. The highest BCUT2D eigenvalue weighted by Crippen LogP contribution is 2.08. The maximum absolute atomic E-state index is 12.0. The maximum atomic E-state index is 12.0. The van der Waals surface area contributed by atoms with E-state index in [2.05, 4.69) is 18.8 Å². The zero-order chi connectivity index (χ0) is 15.5. The Balaban J connectivity index is 2.50. The van der Waals surface area contributed by atoms with Crippen LogP contribution in [-0.4, -0.2) is 37.6 Å². The Morgan fingerprint density at radius 3 is 2.90 bits per heavy atom. The Morgan fingerprint density at radius 1 is 1.38 bits per heavy atom. The van der Waals surface area contributed by atoms with E-state index < -0.39 is 0 Å². The number of nitrogens with zero attached hydrogens (tertiary/aromatic N) is 1. The molecule has 0 unspecified atom stereocenters. The number of rotatable bonds is 7. The topological polar surface area (TPSA) is 55.6 Å². The summed E-state index contributed by atoms with van der Waals surface area (Å²) in [6, 6.07) is 7.86. The molecule has 4 heteroatoms. The van der Waals surface area contributed by atoms with Crippen LogP contribution < -0.4 is 5.73 Å². The zero-order valence-corrected chi connectivity index (χ0v) is 12.9. The molecule has 2 N–H and O–H groups in total. The number of hydrogen-bond donors (Lipinski definition) is 1. The normalized spacial score (nSPS) is 9.86. The summed E-state index contributed by atoms with van der Waals surface area (Å²) in [5.41, 5.74) is 7.35. The lowest BCUT2D eigenvalue weighted by Crippen LogP contribution is -2.27. The van der Waals surface area contributed by atoms with Gasteiger partial charge in [0.25, 0.3) is 0 Å². The number of amides is 1. The van der Waals surface area contributed by atoms with E-state index in [-0.39, 0.29) is 5.91 Å². The van der Waals surface area contributed by atoms with Crippen LogP contribution in [0.4, 0.5) is 0 Å². The lowest BCUT2D eigenvalue weighted by Gasteiger charge is -2.17. The van der Waals surface area contributed by atoms with E-state index in [9.17, 15) is 4.79 Å². The molecule has 1 aromatic rings. The second-order valence-electron chi connectivity index (χ2n) is 4.82. The molecular formula is C17H24N2O2. The van der Waals surface area contributed by atoms with Crippen molar-refractivity contribution in [2.24, 2.45) is 5.73 Å². The molecule has 4 nitrogen and oxygen atoms in total. The molecule has 114 valence electrons. The van der Waals surface area contributed by atoms with Crippen molar-refractivity contribution in [1.82, 2.24) is 4.90 Å². The van der Waals surface area contributed by atoms with Gasteiger partial charge in [0.2, 0.25) is 5.91 Å². The molecule has 1 aromatic carbocycles. The number of benzene rings is 1. The summed E-state index contributed by atoms with van der Waals surface area (Å²) in [7, 11) is 1.81. The molecule has 0 aliphatic carbocycles. The van der Waals surface area contributed by atoms with Crippen LogP contribution in [0.3, 0.4) is 0 Å². The largest absolute Gasteiger partial charge is 0.381 e. The fraction of sp³-hybridized carbons (Fsp3) is 0.471. The Labute approximate surface area is 127 Å². The second-order valence-corrected chi connectivity index (χ2v) is 4.82. The molecule has 0 atom stereocenters. The fourth-order valence-electron chi connectivity index (χ4n) is 1.86. The van der Waals surface area contributed by atoms with Crippen molar-refractivity contribution in [3.8, 4) is 11.8 Å². The first-order chi connectivity index (χ1) is 10.2.